The number of rotatable bonds is 5. The molecule has 16 heavy (non-hydrogen) atoms. The van der Waals surface area contributed by atoms with Gasteiger partial charge in [0.2, 0.25) is 0 Å². The van der Waals surface area contributed by atoms with Gasteiger partial charge in [-0.15, -0.1) is 0 Å². The van der Waals surface area contributed by atoms with Gasteiger partial charge < -0.3 is 0 Å². The van der Waals surface area contributed by atoms with Gasteiger partial charge in [0.25, 0.3) is 0 Å². The first-order valence-electron chi connectivity index (χ1n) is 6.00. The second kappa shape index (κ2) is 5.50. The van der Waals surface area contributed by atoms with E-state index in [0.29, 0.717) is 0 Å². The van der Waals surface area contributed by atoms with Gasteiger partial charge in [-0.1, -0.05) is 50.1 Å². The smallest absolute Gasteiger partial charge is 0.0923 e. The van der Waals surface area contributed by atoms with Crippen molar-refractivity contribution in [2.24, 2.45) is 0 Å². The Morgan fingerprint density at radius 2 is 1.94 bits per heavy atom. The van der Waals surface area contributed by atoms with E-state index in [2.05, 4.69) is 35.3 Å². The summed E-state index contributed by atoms with van der Waals surface area (Å²) in [5.74, 6) is 0. The van der Waals surface area contributed by atoms with Crippen LogP contribution in [0.25, 0.3) is 11.3 Å². The van der Waals surface area contributed by atoms with Crippen LogP contribution in [-0.2, 0) is 6.42 Å². The van der Waals surface area contributed by atoms with Gasteiger partial charge in [0.1, 0.15) is 0 Å². The van der Waals surface area contributed by atoms with Crippen LogP contribution in [0, 0.1) is 0 Å². The van der Waals surface area contributed by atoms with Crippen molar-refractivity contribution in [1.29, 1.82) is 0 Å². The highest BCUT2D eigenvalue weighted by atomic mass is 15.1. The lowest BCUT2D eigenvalue weighted by atomic mass is 10.1. The van der Waals surface area contributed by atoms with Crippen molar-refractivity contribution >= 4 is 0 Å². The van der Waals surface area contributed by atoms with Gasteiger partial charge in [-0.05, 0) is 18.9 Å². The van der Waals surface area contributed by atoms with Crippen molar-refractivity contribution in [2.75, 3.05) is 0 Å². The number of benzene rings is 1. The molecule has 0 saturated heterocycles. The monoisotopic (exact) mass is 214 g/mol. The Labute approximate surface area is 96.7 Å². The molecule has 0 atom stereocenters. The van der Waals surface area contributed by atoms with Crippen LogP contribution in [0.2, 0.25) is 0 Å². The minimum Gasteiger partial charge on any atom is -0.282 e. The first kappa shape index (κ1) is 10.9. The van der Waals surface area contributed by atoms with Crippen LogP contribution in [0.4, 0.5) is 0 Å². The molecule has 0 fully saturated rings. The summed E-state index contributed by atoms with van der Waals surface area (Å²) in [6.07, 6.45) is 4.90. The van der Waals surface area contributed by atoms with Gasteiger partial charge in [0.15, 0.2) is 0 Å². The summed E-state index contributed by atoms with van der Waals surface area (Å²) in [6.45, 7) is 2.22. The predicted octanol–water partition coefficient (Wildman–Crippen LogP) is 3.81. The van der Waals surface area contributed by atoms with Crippen molar-refractivity contribution < 1.29 is 0 Å². The summed E-state index contributed by atoms with van der Waals surface area (Å²) >= 11 is 0. The zero-order valence-corrected chi connectivity index (χ0v) is 9.74. The number of nitrogens with one attached hydrogen (secondary N) is 1. The predicted molar refractivity (Wildman–Crippen MR) is 67.3 cm³/mol. The number of unbranched alkanes of at least 4 members (excludes halogenated alkanes) is 2. The lowest BCUT2D eigenvalue weighted by Crippen LogP contribution is -1.84. The van der Waals surface area contributed by atoms with E-state index in [1.54, 1.807) is 0 Å². The number of H-pyrrole nitrogens is 1. The van der Waals surface area contributed by atoms with E-state index in [4.69, 9.17) is 0 Å². The van der Waals surface area contributed by atoms with Gasteiger partial charge in [-0.25, -0.2) is 0 Å². The molecule has 0 unspecified atom stereocenters. The van der Waals surface area contributed by atoms with E-state index < -0.39 is 0 Å². The fourth-order valence-corrected chi connectivity index (χ4v) is 1.81. The second-order valence-electron chi connectivity index (χ2n) is 4.10. The SMILES string of the molecule is CCCCCc1cc(-c2ccccc2)n[nH]1. The summed E-state index contributed by atoms with van der Waals surface area (Å²) in [5.41, 5.74) is 3.47. The Morgan fingerprint density at radius 3 is 2.69 bits per heavy atom. The molecule has 1 heterocycles. The number of aromatic amines is 1. The molecule has 84 valence electrons. The normalized spacial score (nSPS) is 10.6. The molecule has 0 spiro atoms. The first-order valence-corrected chi connectivity index (χ1v) is 6.00. The maximum absolute atomic E-state index is 4.34. The van der Waals surface area contributed by atoms with Crippen LogP contribution in [0.1, 0.15) is 31.9 Å². The van der Waals surface area contributed by atoms with E-state index in [9.17, 15) is 0 Å². The fraction of sp³-hybridized carbons (Fsp3) is 0.357. The molecular formula is C14H18N2. The van der Waals surface area contributed by atoms with E-state index >= 15 is 0 Å². The Kier molecular flexibility index (Phi) is 3.76. The Bertz CT molecular complexity index is 417. The zero-order chi connectivity index (χ0) is 11.2. The second-order valence-corrected chi connectivity index (χ2v) is 4.10. The third-order valence-corrected chi connectivity index (χ3v) is 2.75. The highest BCUT2D eigenvalue weighted by Crippen LogP contribution is 2.17. The average molecular weight is 214 g/mol. The van der Waals surface area contributed by atoms with E-state index in [-0.39, 0.29) is 0 Å². The maximum atomic E-state index is 4.34. The highest BCUT2D eigenvalue weighted by molar-refractivity contribution is 5.58. The minimum atomic E-state index is 1.05. The fourth-order valence-electron chi connectivity index (χ4n) is 1.81. The number of aromatic nitrogens is 2. The Morgan fingerprint density at radius 1 is 1.12 bits per heavy atom. The molecule has 0 radical (unpaired) electrons. The molecule has 0 aliphatic rings. The van der Waals surface area contributed by atoms with E-state index in [1.165, 1.54) is 30.5 Å². The maximum Gasteiger partial charge on any atom is 0.0923 e. The van der Waals surface area contributed by atoms with Gasteiger partial charge in [-0.3, -0.25) is 5.10 Å². The van der Waals surface area contributed by atoms with E-state index in [0.717, 1.165) is 12.1 Å². The standard InChI is InChI=1S/C14H18N2/c1-2-3-5-10-13-11-14(16-15-13)12-8-6-4-7-9-12/h4,6-9,11H,2-3,5,10H2,1H3,(H,15,16). The summed E-state index contributed by atoms with van der Waals surface area (Å²) in [6, 6.07) is 12.4. The van der Waals surface area contributed by atoms with Crippen molar-refractivity contribution in [2.45, 2.75) is 32.6 Å². The van der Waals surface area contributed by atoms with Gasteiger partial charge in [-0.2, -0.15) is 5.10 Å². The summed E-state index contributed by atoms with van der Waals surface area (Å²) in [5, 5.41) is 7.45. The van der Waals surface area contributed by atoms with Gasteiger partial charge in [0, 0.05) is 11.3 Å². The minimum absolute atomic E-state index is 1.05. The van der Waals surface area contributed by atoms with Gasteiger partial charge in [0.05, 0.1) is 5.69 Å². The molecule has 0 aliphatic carbocycles. The lowest BCUT2D eigenvalue weighted by Gasteiger charge is -1.94. The van der Waals surface area contributed by atoms with Crippen LogP contribution < -0.4 is 0 Å². The average Bonchev–Trinajstić information content (AvgIpc) is 2.79. The number of hydrogen-bond donors (Lipinski definition) is 1. The van der Waals surface area contributed by atoms with E-state index in [1.807, 2.05) is 18.2 Å². The molecule has 0 amide bonds. The van der Waals surface area contributed by atoms with Crippen molar-refractivity contribution in [1.82, 2.24) is 10.2 Å². The molecular weight excluding hydrogens is 196 g/mol. The molecule has 2 heteroatoms. The van der Waals surface area contributed by atoms with Crippen molar-refractivity contribution in [3.63, 3.8) is 0 Å². The van der Waals surface area contributed by atoms with Crippen LogP contribution in [0.5, 0.6) is 0 Å². The van der Waals surface area contributed by atoms with Crippen molar-refractivity contribution in [3.05, 3.63) is 42.1 Å². The zero-order valence-electron chi connectivity index (χ0n) is 9.74. The third kappa shape index (κ3) is 2.72. The topological polar surface area (TPSA) is 28.7 Å². The Balaban J connectivity index is 2.02. The van der Waals surface area contributed by atoms with Gasteiger partial charge >= 0.3 is 0 Å². The van der Waals surface area contributed by atoms with Crippen LogP contribution in [0.3, 0.4) is 0 Å². The third-order valence-electron chi connectivity index (χ3n) is 2.75. The summed E-state index contributed by atoms with van der Waals surface area (Å²) in [7, 11) is 0. The van der Waals surface area contributed by atoms with Crippen molar-refractivity contribution in [3.8, 4) is 11.3 Å². The molecule has 0 saturated carbocycles. The largest absolute Gasteiger partial charge is 0.282 e. The van der Waals surface area contributed by atoms with Crippen LogP contribution in [0.15, 0.2) is 36.4 Å². The molecule has 1 N–H and O–H groups in total. The molecule has 2 aromatic rings. The first-order chi connectivity index (χ1) is 7.90. The molecule has 0 aliphatic heterocycles. The summed E-state index contributed by atoms with van der Waals surface area (Å²) < 4.78 is 0. The molecule has 1 aromatic heterocycles. The molecule has 2 rings (SSSR count). The molecule has 2 nitrogen and oxygen atoms in total. The van der Waals surface area contributed by atoms with Crippen LogP contribution in [-0.4, -0.2) is 10.2 Å². The lowest BCUT2D eigenvalue weighted by molar-refractivity contribution is 0.705. The quantitative estimate of drug-likeness (QED) is 0.753. The van der Waals surface area contributed by atoms with Crippen LogP contribution >= 0.6 is 0 Å². The highest BCUT2D eigenvalue weighted by Gasteiger charge is 2.02. The molecule has 1 aromatic carbocycles. The summed E-state index contributed by atoms with van der Waals surface area (Å²) in [4.78, 5) is 0. The number of hydrogen-bond acceptors (Lipinski definition) is 1. The Hall–Kier alpha value is -1.57. The number of aryl methyl sites for hydroxylation is 1. The molecule has 0 bridgehead atoms. The number of nitrogens with zero attached hydrogens (tertiary/aromatic N) is 1.